The third-order valence-electron chi connectivity index (χ3n) is 4.88. The lowest BCUT2D eigenvalue weighted by Gasteiger charge is -2.11. The molecule has 0 atom stereocenters. The molecule has 0 aliphatic heterocycles. The lowest BCUT2D eigenvalue weighted by molar-refractivity contribution is -0.136. The molecule has 0 amide bonds. The second-order valence-electron chi connectivity index (χ2n) is 7.09. The van der Waals surface area contributed by atoms with Gasteiger partial charge in [-0.1, -0.05) is 0 Å². The van der Waals surface area contributed by atoms with Crippen LogP contribution in [0.4, 0.5) is 16.2 Å². The van der Waals surface area contributed by atoms with Gasteiger partial charge in [0.05, 0.1) is 11.9 Å². The Hall–Kier alpha value is -3.86. The molecule has 0 bridgehead atoms. The number of anilines is 2. The largest absolute Gasteiger partial charge is 0.481 e. The summed E-state index contributed by atoms with van der Waals surface area (Å²) in [5.74, 6) is -1.07. The number of benzene rings is 1. The van der Waals surface area contributed by atoms with E-state index in [1.165, 1.54) is 31.3 Å². The first kappa shape index (κ1) is 21.4. The standard InChI is InChI=1S/C21H18FN5O4S/c1-12-7-8-23-21(25-12)26-19-6-4-15(11-24-19)32(30,31)27-13(2)16(10-20(28)29)17-9-14(22)3-5-18(17)27/h3-9,11H,10H2,1-2H3,(H,28,29)(H,23,24,25,26). The van der Waals surface area contributed by atoms with Crippen LogP contribution in [0.2, 0.25) is 0 Å². The third kappa shape index (κ3) is 3.89. The summed E-state index contributed by atoms with van der Waals surface area (Å²) in [6, 6.07) is 8.16. The molecule has 0 aliphatic rings. The normalized spacial score (nSPS) is 11.6. The Bertz CT molecular complexity index is 1450. The van der Waals surface area contributed by atoms with E-state index < -0.39 is 28.2 Å². The fourth-order valence-electron chi connectivity index (χ4n) is 3.45. The van der Waals surface area contributed by atoms with Gasteiger partial charge in [-0.3, -0.25) is 4.79 Å². The van der Waals surface area contributed by atoms with Gasteiger partial charge < -0.3 is 10.4 Å². The highest BCUT2D eigenvalue weighted by molar-refractivity contribution is 7.90. The molecule has 1 aromatic carbocycles. The number of carboxylic acids is 1. The van der Waals surface area contributed by atoms with Gasteiger partial charge in [-0.05, 0) is 55.8 Å². The van der Waals surface area contributed by atoms with E-state index in [4.69, 9.17) is 0 Å². The summed E-state index contributed by atoms with van der Waals surface area (Å²) in [5.41, 5.74) is 1.38. The Balaban J connectivity index is 1.76. The maximum Gasteiger partial charge on any atom is 0.307 e. The van der Waals surface area contributed by atoms with Crippen molar-refractivity contribution in [2.45, 2.75) is 25.2 Å². The summed E-state index contributed by atoms with van der Waals surface area (Å²) in [5, 5.41) is 12.4. The van der Waals surface area contributed by atoms with E-state index in [-0.39, 0.29) is 27.1 Å². The van der Waals surface area contributed by atoms with Crippen LogP contribution in [0.25, 0.3) is 10.9 Å². The minimum atomic E-state index is -4.14. The van der Waals surface area contributed by atoms with Crippen LogP contribution in [0.15, 0.2) is 53.7 Å². The number of fused-ring (bicyclic) bond motifs is 1. The molecule has 2 N–H and O–H groups in total. The van der Waals surface area contributed by atoms with Crippen LogP contribution in [0.3, 0.4) is 0 Å². The average molecular weight is 455 g/mol. The minimum absolute atomic E-state index is 0.112. The quantitative estimate of drug-likeness (QED) is 0.454. The first-order valence-corrected chi connectivity index (χ1v) is 10.9. The minimum Gasteiger partial charge on any atom is -0.481 e. The molecule has 9 nitrogen and oxygen atoms in total. The van der Waals surface area contributed by atoms with Crippen molar-refractivity contribution in [1.82, 2.24) is 18.9 Å². The molecule has 0 fully saturated rings. The molecule has 164 valence electrons. The predicted octanol–water partition coefficient (Wildman–Crippen LogP) is 3.19. The van der Waals surface area contributed by atoms with Crippen LogP contribution in [0.1, 0.15) is 17.0 Å². The first-order valence-electron chi connectivity index (χ1n) is 9.46. The van der Waals surface area contributed by atoms with Crippen molar-refractivity contribution >= 4 is 38.7 Å². The molecule has 0 saturated heterocycles. The van der Waals surface area contributed by atoms with E-state index in [0.717, 1.165) is 21.8 Å². The Labute approximate surface area is 182 Å². The number of aryl methyl sites for hydroxylation is 1. The molecule has 3 aromatic heterocycles. The van der Waals surface area contributed by atoms with Crippen molar-refractivity contribution in [3.8, 4) is 0 Å². The Morgan fingerprint density at radius 1 is 1.16 bits per heavy atom. The number of pyridine rings is 1. The van der Waals surface area contributed by atoms with Crippen LogP contribution in [0.5, 0.6) is 0 Å². The van der Waals surface area contributed by atoms with Gasteiger partial charge in [-0.2, -0.15) is 0 Å². The van der Waals surface area contributed by atoms with Crippen LogP contribution in [0, 0.1) is 19.7 Å². The molecule has 4 aromatic rings. The summed E-state index contributed by atoms with van der Waals surface area (Å²) in [6.45, 7) is 3.30. The molecule has 0 saturated carbocycles. The molecule has 0 spiro atoms. The topological polar surface area (TPSA) is 127 Å². The number of aromatic nitrogens is 4. The number of halogens is 1. The van der Waals surface area contributed by atoms with Gasteiger partial charge in [0, 0.05) is 29.2 Å². The van der Waals surface area contributed by atoms with E-state index in [9.17, 15) is 22.7 Å². The zero-order chi connectivity index (χ0) is 23.0. The smallest absolute Gasteiger partial charge is 0.307 e. The van der Waals surface area contributed by atoms with Crippen molar-refractivity contribution < 1.29 is 22.7 Å². The lowest BCUT2D eigenvalue weighted by atomic mass is 10.1. The molecule has 32 heavy (non-hydrogen) atoms. The summed E-state index contributed by atoms with van der Waals surface area (Å²) in [4.78, 5) is 23.6. The van der Waals surface area contributed by atoms with Gasteiger partial charge in [0.15, 0.2) is 0 Å². The summed E-state index contributed by atoms with van der Waals surface area (Å²) >= 11 is 0. The van der Waals surface area contributed by atoms with E-state index in [2.05, 4.69) is 20.3 Å². The monoisotopic (exact) mass is 455 g/mol. The lowest BCUT2D eigenvalue weighted by Crippen LogP contribution is -2.15. The summed E-state index contributed by atoms with van der Waals surface area (Å²) in [6.07, 6.45) is 2.33. The number of carboxylic acid groups (broad SMARTS) is 1. The number of hydrogen-bond acceptors (Lipinski definition) is 7. The third-order valence-corrected chi connectivity index (χ3v) is 6.67. The SMILES string of the molecule is Cc1ccnc(Nc2ccc(S(=O)(=O)n3c(C)c(CC(=O)O)c4cc(F)ccc43)cn2)n1. The van der Waals surface area contributed by atoms with Gasteiger partial charge in [0.2, 0.25) is 5.95 Å². The maximum absolute atomic E-state index is 13.8. The second kappa shape index (κ2) is 8.00. The number of nitrogens with one attached hydrogen (secondary N) is 1. The fourth-order valence-corrected chi connectivity index (χ4v) is 4.97. The Morgan fingerprint density at radius 3 is 2.59 bits per heavy atom. The molecule has 0 radical (unpaired) electrons. The molecule has 0 unspecified atom stereocenters. The van der Waals surface area contributed by atoms with E-state index in [0.29, 0.717) is 11.8 Å². The Morgan fingerprint density at radius 2 is 1.94 bits per heavy atom. The molecule has 11 heteroatoms. The van der Waals surface area contributed by atoms with Gasteiger partial charge in [-0.25, -0.2) is 31.7 Å². The highest BCUT2D eigenvalue weighted by Gasteiger charge is 2.26. The van der Waals surface area contributed by atoms with Gasteiger partial charge in [0.25, 0.3) is 10.0 Å². The first-order chi connectivity index (χ1) is 15.2. The zero-order valence-electron chi connectivity index (χ0n) is 17.1. The number of nitrogens with zero attached hydrogens (tertiary/aromatic N) is 4. The van der Waals surface area contributed by atoms with E-state index in [1.807, 2.05) is 6.92 Å². The second-order valence-corrected chi connectivity index (χ2v) is 8.88. The Kier molecular flexibility index (Phi) is 5.35. The molecular weight excluding hydrogens is 437 g/mol. The van der Waals surface area contributed by atoms with Crippen LogP contribution in [-0.2, 0) is 21.2 Å². The van der Waals surface area contributed by atoms with Crippen molar-refractivity contribution in [3.05, 3.63) is 71.6 Å². The maximum atomic E-state index is 13.8. The molecular formula is C21H18FN5O4S. The van der Waals surface area contributed by atoms with Crippen molar-refractivity contribution in [1.29, 1.82) is 0 Å². The van der Waals surface area contributed by atoms with Crippen molar-refractivity contribution in [2.24, 2.45) is 0 Å². The zero-order valence-corrected chi connectivity index (χ0v) is 17.9. The van der Waals surface area contributed by atoms with E-state index >= 15 is 0 Å². The van der Waals surface area contributed by atoms with Gasteiger partial charge in [-0.15, -0.1) is 0 Å². The molecule has 3 heterocycles. The molecule has 0 aliphatic carbocycles. The number of carbonyl (C=O) groups is 1. The number of hydrogen-bond donors (Lipinski definition) is 2. The van der Waals surface area contributed by atoms with Crippen LogP contribution >= 0.6 is 0 Å². The highest BCUT2D eigenvalue weighted by atomic mass is 32.2. The summed E-state index contributed by atoms with van der Waals surface area (Å²) in [7, 11) is -4.14. The fraction of sp³-hybridized carbons (Fsp3) is 0.143. The van der Waals surface area contributed by atoms with Gasteiger partial charge in [0.1, 0.15) is 16.5 Å². The average Bonchev–Trinajstić information content (AvgIpc) is 2.99. The van der Waals surface area contributed by atoms with Crippen LogP contribution < -0.4 is 5.32 Å². The number of rotatable bonds is 6. The van der Waals surface area contributed by atoms with Crippen LogP contribution in [-0.4, -0.2) is 38.4 Å². The highest BCUT2D eigenvalue weighted by Crippen LogP contribution is 2.31. The van der Waals surface area contributed by atoms with Crippen molar-refractivity contribution in [2.75, 3.05) is 5.32 Å². The van der Waals surface area contributed by atoms with E-state index in [1.54, 1.807) is 12.3 Å². The summed E-state index contributed by atoms with van der Waals surface area (Å²) < 4.78 is 41.7. The van der Waals surface area contributed by atoms with Gasteiger partial charge >= 0.3 is 5.97 Å². The number of aliphatic carboxylic acids is 1. The van der Waals surface area contributed by atoms with Crippen molar-refractivity contribution in [3.63, 3.8) is 0 Å². The predicted molar refractivity (Wildman–Crippen MR) is 115 cm³/mol. The molecule has 4 rings (SSSR count).